The number of hydrogen-bond donors (Lipinski definition) is 1. The van der Waals surface area contributed by atoms with Gasteiger partial charge in [0.05, 0.1) is 24.7 Å². The van der Waals surface area contributed by atoms with Crippen molar-refractivity contribution in [2.75, 3.05) is 46.1 Å². The number of hydrogen-bond acceptors (Lipinski definition) is 8. The number of rotatable bonds is 7. The lowest BCUT2D eigenvalue weighted by molar-refractivity contribution is -0.384. The summed E-state index contributed by atoms with van der Waals surface area (Å²) in [5, 5.41) is 18.5. The minimum Gasteiger partial charge on any atom is -0.381 e. The fourth-order valence-corrected chi connectivity index (χ4v) is 4.39. The predicted octanol–water partition coefficient (Wildman–Crippen LogP) is 0.916. The van der Waals surface area contributed by atoms with E-state index < -0.39 is 16.3 Å². The largest absolute Gasteiger partial charge is 0.381 e. The standard InChI is InChI=1S/C22H27N5O6/c1-15-12-20(28)21(24-26(15)17-4-2-3-5-18(17)27(30)31)22(29)23-13-19(16-6-9-33-14-16)25-7-10-32-11-8-25/h2-5,12,16,19H,6-11,13-14H2,1H3,(H,23,29). The van der Waals surface area contributed by atoms with Crippen LogP contribution in [-0.2, 0) is 9.47 Å². The second-order valence-electron chi connectivity index (χ2n) is 8.21. The minimum atomic E-state index is -0.607. The lowest BCUT2D eigenvalue weighted by Crippen LogP contribution is -2.52. The molecule has 2 aliphatic rings. The van der Waals surface area contributed by atoms with E-state index >= 15 is 0 Å². The number of amides is 1. The number of ether oxygens (including phenoxy) is 2. The van der Waals surface area contributed by atoms with Gasteiger partial charge < -0.3 is 14.8 Å². The molecule has 2 fully saturated rings. The average Bonchev–Trinajstić information content (AvgIpc) is 3.34. The summed E-state index contributed by atoms with van der Waals surface area (Å²) in [6.45, 7) is 6.09. The first-order valence-corrected chi connectivity index (χ1v) is 11.0. The molecule has 33 heavy (non-hydrogen) atoms. The van der Waals surface area contributed by atoms with Crippen LogP contribution in [0.4, 0.5) is 5.69 Å². The van der Waals surface area contributed by atoms with Crippen LogP contribution < -0.4 is 10.7 Å². The van der Waals surface area contributed by atoms with Gasteiger partial charge in [0.2, 0.25) is 5.43 Å². The number of para-hydroxylation sites is 2. The molecule has 0 spiro atoms. The van der Waals surface area contributed by atoms with Gasteiger partial charge in [0.25, 0.3) is 11.6 Å². The summed E-state index contributed by atoms with van der Waals surface area (Å²) in [4.78, 5) is 38.8. The van der Waals surface area contributed by atoms with E-state index in [4.69, 9.17) is 9.47 Å². The number of benzene rings is 1. The molecule has 2 atom stereocenters. The zero-order valence-electron chi connectivity index (χ0n) is 18.4. The average molecular weight is 457 g/mol. The van der Waals surface area contributed by atoms with Gasteiger partial charge in [-0.2, -0.15) is 5.10 Å². The molecule has 1 N–H and O–H groups in total. The molecular weight excluding hydrogens is 430 g/mol. The van der Waals surface area contributed by atoms with E-state index in [0.717, 1.165) is 19.5 Å². The Kier molecular flexibility index (Phi) is 7.11. The van der Waals surface area contributed by atoms with Crippen molar-refractivity contribution < 1.29 is 19.2 Å². The zero-order chi connectivity index (χ0) is 23.4. The van der Waals surface area contributed by atoms with Gasteiger partial charge in [0.1, 0.15) is 5.69 Å². The summed E-state index contributed by atoms with van der Waals surface area (Å²) >= 11 is 0. The van der Waals surface area contributed by atoms with Crippen LogP contribution in [0.5, 0.6) is 0 Å². The van der Waals surface area contributed by atoms with E-state index in [1.165, 1.54) is 22.9 Å². The number of aromatic nitrogens is 2. The zero-order valence-corrected chi connectivity index (χ0v) is 18.4. The number of nitrogens with one attached hydrogen (secondary N) is 1. The van der Waals surface area contributed by atoms with Gasteiger partial charge in [-0.15, -0.1) is 0 Å². The van der Waals surface area contributed by atoms with Gasteiger partial charge in [-0.05, 0) is 19.4 Å². The number of nitrogens with zero attached hydrogens (tertiary/aromatic N) is 4. The third-order valence-electron chi connectivity index (χ3n) is 6.12. The number of nitro benzene ring substituents is 1. The summed E-state index contributed by atoms with van der Waals surface area (Å²) in [7, 11) is 0. The molecule has 3 heterocycles. The second kappa shape index (κ2) is 10.2. The van der Waals surface area contributed by atoms with Gasteiger partial charge >= 0.3 is 0 Å². The topological polar surface area (TPSA) is 129 Å². The molecule has 1 aromatic carbocycles. The molecule has 0 saturated carbocycles. The van der Waals surface area contributed by atoms with Gasteiger partial charge in [-0.1, -0.05) is 12.1 Å². The van der Waals surface area contributed by atoms with E-state index in [-0.39, 0.29) is 29.0 Å². The SMILES string of the molecule is Cc1cc(=O)c(C(=O)NCC(C2CCOC2)N2CCOCC2)nn1-c1ccccc1[N+](=O)[O-]. The third-order valence-corrected chi connectivity index (χ3v) is 6.12. The Balaban J connectivity index is 1.57. The van der Waals surface area contributed by atoms with Crippen LogP contribution >= 0.6 is 0 Å². The van der Waals surface area contributed by atoms with Crippen LogP contribution in [0.15, 0.2) is 35.1 Å². The molecule has 2 unspecified atom stereocenters. The molecule has 0 bridgehead atoms. The first-order valence-electron chi connectivity index (χ1n) is 11.0. The molecule has 1 aromatic heterocycles. The third kappa shape index (κ3) is 5.10. The first kappa shape index (κ1) is 23.0. The van der Waals surface area contributed by atoms with Crippen molar-refractivity contribution in [3.63, 3.8) is 0 Å². The number of carbonyl (C=O) groups excluding carboxylic acids is 1. The molecule has 2 saturated heterocycles. The monoisotopic (exact) mass is 457 g/mol. The lowest BCUT2D eigenvalue weighted by atomic mass is 9.97. The summed E-state index contributed by atoms with van der Waals surface area (Å²) in [5.74, 6) is -0.331. The van der Waals surface area contributed by atoms with E-state index in [1.54, 1.807) is 19.1 Å². The summed E-state index contributed by atoms with van der Waals surface area (Å²) < 4.78 is 12.3. The second-order valence-corrected chi connectivity index (χ2v) is 8.21. The van der Waals surface area contributed by atoms with Crippen molar-refractivity contribution in [1.82, 2.24) is 20.0 Å². The fourth-order valence-electron chi connectivity index (χ4n) is 4.39. The summed E-state index contributed by atoms with van der Waals surface area (Å²) in [5.41, 5.74) is -0.436. The maximum Gasteiger partial charge on any atom is 0.294 e. The molecule has 0 radical (unpaired) electrons. The van der Waals surface area contributed by atoms with Crippen LogP contribution in [0.25, 0.3) is 5.69 Å². The highest BCUT2D eigenvalue weighted by Gasteiger charge is 2.32. The van der Waals surface area contributed by atoms with E-state index in [0.29, 0.717) is 38.7 Å². The normalized spacial score (nSPS) is 19.8. The van der Waals surface area contributed by atoms with E-state index in [1.807, 2.05) is 0 Å². The molecule has 2 aromatic rings. The quantitative estimate of drug-likeness (QED) is 0.480. The molecule has 11 heteroatoms. The Morgan fingerprint density at radius 2 is 2.03 bits per heavy atom. The van der Waals surface area contributed by atoms with Crippen molar-refractivity contribution >= 4 is 11.6 Å². The molecule has 11 nitrogen and oxygen atoms in total. The van der Waals surface area contributed by atoms with Crippen molar-refractivity contribution in [2.24, 2.45) is 5.92 Å². The number of morpholine rings is 1. The van der Waals surface area contributed by atoms with Gasteiger partial charge in [0.15, 0.2) is 5.69 Å². The number of nitro groups is 1. The number of carbonyl (C=O) groups is 1. The molecule has 176 valence electrons. The van der Waals surface area contributed by atoms with Crippen LogP contribution in [-0.4, -0.2) is 77.6 Å². The Labute approximate surface area is 190 Å². The number of aryl methyl sites for hydroxylation is 1. The molecular formula is C22H27N5O6. The Morgan fingerprint density at radius 1 is 1.27 bits per heavy atom. The molecule has 4 rings (SSSR count). The van der Waals surface area contributed by atoms with Gasteiger partial charge in [-0.25, -0.2) is 4.68 Å². The predicted molar refractivity (Wildman–Crippen MR) is 119 cm³/mol. The molecule has 1 amide bonds. The van der Waals surface area contributed by atoms with Crippen molar-refractivity contribution in [3.8, 4) is 5.69 Å². The first-order chi connectivity index (χ1) is 16.0. The maximum atomic E-state index is 13.0. The van der Waals surface area contributed by atoms with Crippen LogP contribution in [0.2, 0.25) is 0 Å². The Hall–Kier alpha value is -3.15. The summed E-state index contributed by atoms with van der Waals surface area (Å²) in [6.07, 6.45) is 0.908. The Bertz CT molecular complexity index is 1080. The van der Waals surface area contributed by atoms with Crippen molar-refractivity contribution in [2.45, 2.75) is 19.4 Å². The van der Waals surface area contributed by atoms with E-state index in [2.05, 4.69) is 15.3 Å². The van der Waals surface area contributed by atoms with Crippen molar-refractivity contribution in [3.05, 3.63) is 62.1 Å². The van der Waals surface area contributed by atoms with Crippen LogP contribution in [0.1, 0.15) is 22.6 Å². The van der Waals surface area contributed by atoms with Crippen LogP contribution in [0, 0.1) is 23.0 Å². The van der Waals surface area contributed by atoms with Crippen LogP contribution in [0.3, 0.4) is 0 Å². The minimum absolute atomic E-state index is 0.0586. The molecule has 2 aliphatic heterocycles. The van der Waals surface area contributed by atoms with Crippen molar-refractivity contribution in [1.29, 1.82) is 0 Å². The lowest BCUT2D eigenvalue weighted by Gasteiger charge is -2.37. The highest BCUT2D eigenvalue weighted by molar-refractivity contribution is 5.92. The maximum absolute atomic E-state index is 13.0. The summed E-state index contributed by atoms with van der Waals surface area (Å²) in [6, 6.07) is 7.39. The highest BCUT2D eigenvalue weighted by atomic mass is 16.6. The molecule has 0 aliphatic carbocycles. The Morgan fingerprint density at radius 3 is 2.73 bits per heavy atom. The van der Waals surface area contributed by atoms with E-state index in [9.17, 15) is 19.7 Å². The van der Waals surface area contributed by atoms with Gasteiger partial charge in [0, 0.05) is 56.0 Å². The fraction of sp³-hybridized carbons (Fsp3) is 0.500. The highest BCUT2D eigenvalue weighted by Crippen LogP contribution is 2.23. The smallest absolute Gasteiger partial charge is 0.294 e. The van der Waals surface area contributed by atoms with Gasteiger partial charge in [-0.3, -0.25) is 24.6 Å².